The first-order valence-corrected chi connectivity index (χ1v) is 14.3. The van der Waals surface area contributed by atoms with Gasteiger partial charge in [-0.3, -0.25) is 0 Å². The highest BCUT2D eigenvalue weighted by molar-refractivity contribution is 5.40. The minimum atomic E-state index is 0.410. The number of allylic oxidation sites excluding steroid dienone is 4. The molecule has 0 radical (unpaired) electrons. The standard InChI is InChI=1S/C34H47N/c1-5-29-24-33(19-18-30(29)17-11-20-34(6-2)21-12-22-35-34)27(4)32-16-10-15-31(25-32)26(3)23-28-13-8-7-9-14-28/h7-8,10,13,15-16,18-19,24-27,35H,5-6,9,11-12,14,17,20-23H2,1-4H3. The van der Waals surface area contributed by atoms with Crippen molar-refractivity contribution in [1.29, 1.82) is 0 Å². The summed E-state index contributed by atoms with van der Waals surface area (Å²) in [6.45, 7) is 10.6. The number of nitrogens with one attached hydrogen (secondary N) is 1. The Bertz CT molecular complexity index is 1020. The van der Waals surface area contributed by atoms with Gasteiger partial charge in [0.2, 0.25) is 0 Å². The van der Waals surface area contributed by atoms with Crippen molar-refractivity contribution in [2.24, 2.45) is 0 Å². The molecule has 0 bridgehead atoms. The lowest BCUT2D eigenvalue weighted by Crippen LogP contribution is -2.38. The molecule has 1 fully saturated rings. The maximum absolute atomic E-state index is 3.81. The van der Waals surface area contributed by atoms with Gasteiger partial charge < -0.3 is 5.32 Å². The van der Waals surface area contributed by atoms with E-state index in [2.05, 4.69) is 93.7 Å². The Hall–Kier alpha value is -2.12. The third-order valence-corrected chi connectivity index (χ3v) is 8.87. The van der Waals surface area contributed by atoms with Crippen molar-refractivity contribution in [3.8, 4) is 0 Å². The van der Waals surface area contributed by atoms with Crippen LogP contribution in [-0.2, 0) is 12.8 Å². The molecule has 0 spiro atoms. The Morgan fingerprint density at radius 1 is 0.971 bits per heavy atom. The van der Waals surface area contributed by atoms with Crippen LogP contribution in [0.15, 0.2) is 66.3 Å². The number of hydrogen-bond donors (Lipinski definition) is 1. The lowest BCUT2D eigenvalue weighted by molar-refractivity contribution is 0.327. The van der Waals surface area contributed by atoms with Gasteiger partial charge in [-0.05, 0) is 104 Å². The van der Waals surface area contributed by atoms with Gasteiger partial charge in [0.05, 0.1) is 0 Å². The summed E-state index contributed by atoms with van der Waals surface area (Å²) in [7, 11) is 0. The van der Waals surface area contributed by atoms with E-state index in [1.165, 1.54) is 81.0 Å². The molecule has 3 unspecified atom stereocenters. The Morgan fingerprint density at radius 2 is 1.80 bits per heavy atom. The van der Waals surface area contributed by atoms with Crippen LogP contribution in [0.4, 0.5) is 0 Å². The molecule has 188 valence electrons. The molecule has 3 atom stereocenters. The molecule has 1 aliphatic heterocycles. The van der Waals surface area contributed by atoms with Crippen LogP contribution in [0.3, 0.4) is 0 Å². The first-order chi connectivity index (χ1) is 17.0. The Kier molecular flexibility index (Phi) is 9.06. The molecule has 1 heterocycles. The van der Waals surface area contributed by atoms with Crippen LogP contribution in [0.1, 0.15) is 119 Å². The van der Waals surface area contributed by atoms with Gasteiger partial charge in [0, 0.05) is 11.5 Å². The average molecular weight is 470 g/mol. The van der Waals surface area contributed by atoms with E-state index in [9.17, 15) is 0 Å². The summed E-state index contributed by atoms with van der Waals surface area (Å²) in [6, 6.07) is 16.7. The Labute approximate surface area is 215 Å². The second kappa shape index (κ2) is 12.2. The van der Waals surface area contributed by atoms with Gasteiger partial charge in [-0.2, -0.15) is 0 Å². The van der Waals surface area contributed by atoms with Crippen molar-refractivity contribution >= 4 is 0 Å². The average Bonchev–Trinajstić information content (AvgIpc) is 3.38. The molecule has 2 aromatic carbocycles. The van der Waals surface area contributed by atoms with Gasteiger partial charge in [0.1, 0.15) is 0 Å². The Balaban J connectivity index is 1.42. The molecule has 35 heavy (non-hydrogen) atoms. The van der Waals surface area contributed by atoms with Crippen LogP contribution in [-0.4, -0.2) is 12.1 Å². The van der Waals surface area contributed by atoms with Gasteiger partial charge >= 0.3 is 0 Å². The van der Waals surface area contributed by atoms with E-state index in [0.29, 0.717) is 17.4 Å². The van der Waals surface area contributed by atoms with Crippen LogP contribution in [0.5, 0.6) is 0 Å². The first-order valence-electron chi connectivity index (χ1n) is 14.3. The Morgan fingerprint density at radius 3 is 2.51 bits per heavy atom. The monoisotopic (exact) mass is 469 g/mol. The lowest BCUT2D eigenvalue weighted by Gasteiger charge is -2.28. The van der Waals surface area contributed by atoms with Gasteiger partial charge in [0.15, 0.2) is 0 Å². The van der Waals surface area contributed by atoms with Crippen molar-refractivity contribution in [3.05, 3.63) is 94.1 Å². The summed E-state index contributed by atoms with van der Waals surface area (Å²) >= 11 is 0. The van der Waals surface area contributed by atoms with Crippen molar-refractivity contribution in [2.45, 2.75) is 109 Å². The van der Waals surface area contributed by atoms with Gasteiger partial charge in [-0.15, -0.1) is 0 Å². The van der Waals surface area contributed by atoms with Crippen LogP contribution in [0, 0.1) is 0 Å². The zero-order valence-corrected chi connectivity index (χ0v) is 22.7. The molecule has 1 nitrogen and oxygen atoms in total. The predicted octanol–water partition coefficient (Wildman–Crippen LogP) is 9.03. The highest BCUT2D eigenvalue weighted by atomic mass is 15.0. The summed E-state index contributed by atoms with van der Waals surface area (Å²) in [4.78, 5) is 0. The molecule has 1 saturated heterocycles. The van der Waals surface area contributed by atoms with E-state index in [1.54, 1.807) is 16.7 Å². The quantitative estimate of drug-likeness (QED) is 0.346. The molecule has 0 amide bonds. The van der Waals surface area contributed by atoms with Crippen LogP contribution in [0.25, 0.3) is 0 Å². The van der Waals surface area contributed by atoms with E-state index >= 15 is 0 Å². The minimum Gasteiger partial charge on any atom is -0.311 e. The van der Waals surface area contributed by atoms with Crippen LogP contribution < -0.4 is 5.32 Å². The molecule has 0 saturated carbocycles. The summed E-state index contributed by atoms with van der Waals surface area (Å²) in [5.74, 6) is 0.985. The fraction of sp³-hybridized carbons (Fsp3) is 0.529. The first kappa shape index (κ1) is 26.0. The molecular weight excluding hydrogens is 422 g/mol. The maximum atomic E-state index is 3.81. The SMILES string of the molecule is CCc1cc(C(C)c2cccc(C(C)CC3=CC=CCC3)c2)ccc1CCCC1(CC)CCCN1. The van der Waals surface area contributed by atoms with E-state index in [1.807, 2.05) is 0 Å². The highest BCUT2D eigenvalue weighted by Gasteiger charge is 2.30. The molecule has 1 heteroatoms. The molecule has 2 aliphatic rings. The second-order valence-electron chi connectivity index (χ2n) is 11.2. The fourth-order valence-electron chi connectivity index (χ4n) is 6.33. The van der Waals surface area contributed by atoms with Crippen molar-refractivity contribution in [2.75, 3.05) is 6.54 Å². The predicted molar refractivity (Wildman–Crippen MR) is 152 cm³/mol. The van der Waals surface area contributed by atoms with Crippen molar-refractivity contribution in [1.82, 2.24) is 5.32 Å². The van der Waals surface area contributed by atoms with Crippen molar-refractivity contribution in [3.63, 3.8) is 0 Å². The van der Waals surface area contributed by atoms with Gasteiger partial charge in [-0.1, -0.05) is 94.0 Å². The molecule has 0 aromatic heterocycles. The number of benzene rings is 2. The topological polar surface area (TPSA) is 12.0 Å². The number of hydrogen-bond acceptors (Lipinski definition) is 1. The smallest absolute Gasteiger partial charge is 0.0179 e. The summed E-state index contributed by atoms with van der Waals surface area (Å²) in [5, 5.41) is 3.81. The highest BCUT2D eigenvalue weighted by Crippen LogP contribution is 2.33. The largest absolute Gasteiger partial charge is 0.311 e. The third-order valence-electron chi connectivity index (χ3n) is 8.87. The summed E-state index contributed by atoms with van der Waals surface area (Å²) < 4.78 is 0. The van der Waals surface area contributed by atoms with E-state index in [-0.39, 0.29) is 0 Å². The normalized spacial score (nSPS) is 21.7. The van der Waals surface area contributed by atoms with Crippen molar-refractivity contribution < 1.29 is 0 Å². The minimum absolute atomic E-state index is 0.410. The van der Waals surface area contributed by atoms with E-state index in [4.69, 9.17) is 0 Å². The third kappa shape index (κ3) is 6.56. The summed E-state index contributed by atoms with van der Waals surface area (Å²) in [6.07, 6.45) is 19.3. The van der Waals surface area contributed by atoms with E-state index < -0.39 is 0 Å². The zero-order chi connectivity index (χ0) is 24.7. The molecule has 2 aromatic rings. The fourth-order valence-corrected chi connectivity index (χ4v) is 6.33. The van der Waals surface area contributed by atoms with Gasteiger partial charge in [0.25, 0.3) is 0 Å². The molecule has 1 aliphatic carbocycles. The van der Waals surface area contributed by atoms with Crippen LogP contribution >= 0.6 is 0 Å². The maximum Gasteiger partial charge on any atom is 0.0179 e. The van der Waals surface area contributed by atoms with Crippen LogP contribution in [0.2, 0.25) is 0 Å². The number of aryl methyl sites for hydroxylation is 2. The molecular formula is C34H47N. The molecule has 1 N–H and O–H groups in total. The number of rotatable bonds is 11. The van der Waals surface area contributed by atoms with E-state index in [0.717, 1.165) is 6.42 Å². The van der Waals surface area contributed by atoms with Gasteiger partial charge in [-0.25, -0.2) is 0 Å². The molecule has 4 rings (SSSR count). The lowest BCUT2D eigenvalue weighted by atomic mass is 9.84. The summed E-state index contributed by atoms with van der Waals surface area (Å²) in [5.41, 5.74) is 9.48. The zero-order valence-electron chi connectivity index (χ0n) is 22.7. The second-order valence-corrected chi connectivity index (χ2v) is 11.2.